The highest BCUT2D eigenvalue weighted by atomic mass is 19.1. The molecular formula is C17H21FN2. The molecule has 0 aliphatic heterocycles. The molecule has 1 aromatic heterocycles. The second kappa shape index (κ2) is 5.71. The Labute approximate surface area is 119 Å². The first kappa shape index (κ1) is 14.7. The van der Waals surface area contributed by atoms with Crippen LogP contribution in [0, 0.1) is 19.7 Å². The number of nitrogens with two attached hydrogens (primary N) is 1. The molecule has 0 amide bonds. The number of halogens is 1. The van der Waals surface area contributed by atoms with Crippen LogP contribution in [0.15, 0.2) is 36.5 Å². The van der Waals surface area contributed by atoms with Gasteiger partial charge in [-0.2, -0.15) is 0 Å². The van der Waals surface area contributed by atoms with Crippen molar-refractivity contribution in [1.82, 2.24) is 4.98 Å². The third-order valence-electron chi connectivity index (χ3n) is 3.96. The molecule has 0 bridgehead atoms. The first-order valence-electron chi connectivity index (χ1n) is 6.91. The van der Waals surface area contributed by atoms with E-state index in [1.54, 1.807) is 6.07 Å². The highest BCUT2D eigenvalue weighted by molar-refractivity contribution is 5.32. The van der Waals surface area contributed by atoms with Gasteiger partial charge in [-0.05, 0) is 55.5 Å². The SMILES string of the molecule is CCC(N)(Cc1ccc(C)c(C)c1)c1ccc(F)cn1. The van der Waals surface area contributed by atoms with Crippen LogP contribution >= 0.6 is 0 Å². The normalized spacial score (nSPS) is 14.1. The summed E-state index contributed by atoms with van der Waals surface area (Å²) in [5.41, 5.74) is 10.4. The molecule has 1 atom stereocenters. The van der Waals surface area contributed by atoms with Crippen molar-refractivity contribution in [2.75, 3.05) is 0 Å². The van der Waals surface area contributed by atoms with Crippen molar-refractivity contribution in [3.63, 3.8) is 0 Å². The number of hydrogen-bond donors (Lipinski definition) is 1. The van der Waals surface area contributed by atoms with Gasteiger partial charge in [0.15, 0.2) is 0 Å². The summed E-state index contributed by atoms with van der Waals surface area (Å²) in [6, 6.07) is 9.47. The number of pyridine rings is 1. The fraction of sp³-hybridized carbons (Fsp3) is 0.353. The van der Waals surface area contributed by atoms with E-state index in [0.717, 1.165) is 12.1 Å². The van der Waals surface area contributed by atoms with Crippen molar-refractivity contribution in [2.45, 2.75) is 39.2 Å². The van der Waals surface area contributed by atoms with E-state index in [-0.39, 0.29) is 5.82 Å². The lowest BCUT2D eigenvalue weighted by Crippen LogP contribution is -2.39. The molecule has 2 rings (SSSR count). The van der Waals surface area contributed by atoms with Crippen molar-refractivity contribution in [2.24, 2.45) is 5.73 Å². The molecule has 0 aliphatic rings. The number of aromatic nitrogens is 1. The van der Waals surface area contributed by atoms with Crippen molar-refractivity contribution in [3.8, 4) is 0 Å². The molecule has 3 heteroatoms. The first-order chi connectivity index (χ1) is 9.44. The number of nitrogens with zero attached hydrogens (tertiary/aromatic N) is 1. The minimum Gasteiger partial charge on any atom is -0.320 e. The van der Waals surface area contributed by atoms with Gasteiger partial charge in [-0.25, -0.2) is 4.39 Å². The Morgan fingerprint density at radius 1 is 1.15 bits per heavy atom. The molecule has 1 unspecified atom stereocenters. The average molecular weight is 272 g/mol. The molecule has 2 nitrogen and oxygen atoms in total. The van der Waals surface area contributed by atoms with Gasteiger partial charge in [0.2, 0.25) is 0 Å². The zero-order chi connectivity index (χ0) is 14.8. The van der Waals surface area contributed by atoms with Crippen LogP contribution < -0.4 is 5.73 Å². The molecule has 0 radical (unpaired) electrons. The predicted molar refractivity (Wildman–Crippen MR) is 80.0 cm³/mol. The molecule has 20 heavy (non-hydrogen) atoms. The largest absolute Gasteiger partial charge is 0.320 e. The van der Waals surface area contributed by atoms with Crippen molar-refractivity contribution in [1.29, 1.82) is 0 Å². The Morgan fingerprint density at radius 3 is 2.45 bits per heavy atom. The van der Waals surface area contributed by atoms with Crippen molar-refractivity contribution in [3.05, 3.63) is 64.7 Å². The van der Waals surface area contributed by atoms with Crippen LogP contribution in [0.25, 0.3) is 0 Å². The molecule has 0 saturated carbocycles. The van der Waals surface area contributed by atoms with E-state index < -0.39 is 5.54 Å². The Hall–Kier alpha value is -1.74. The minimum absolute atomic E-state index is 0.335. The van der Waals surface area contributed by atoms with Crippen LogP contribution in [-0.4, -0.2) is 4.98 Å². The van der Waals surface area contributed by atoms with Gasteiger partial charge < -0.3 is 5.73 Å². The fourth-order valence-corrected chi connectivity index (χ4v) is 2.34. The summed E-state index contributed by atoms with van der Waals surface area (Å²) in [5.74, 6) is -0.335. The fourth-order valence-electron chi connectivity index (χ4n) is 2.34. The highest BCUT2D eigenvalue weighted by Crippen LogP contribution is 2.26. The second-order valence-electron chi connectivity index (χ2n) is 5.47. The van der Waals surface area contributed by atoms with Gasteiger partial charge in [-0.3, -0.25) is 4.98 Å². The van der Waals surface area contributed by atoms with Crippen LogP contribution in [0.5, 0.6) is 0 Å². The quantitative estimate of drug-likeness (QED) is 0.922. The van der Waals surface area contributed by atoms with Crippen LogP contribution in [0.4, 0.5) is 4.39 Å². The highest BCUT2D eigenvalue weighted by Gasteiger charge is 2.27. The summed E-state index contributed by atoms with van der Waals surface area (Å²) in [6.07, 6.45) is 2.68. The lowest BCUT2D eigenvalue weighted by molar-refractivity contribution is 0.410. The van der Waals surface area contributed by atoms with Gasteiger partial charge in [-0.15, -0.1) is 0 Å². The molecule has 0 aliphatic carbocycles. The number of hydrogen-bond acceptors (Lipinski definition) is 2. The van der Waals surface area contributed by atoms with E-state index in [2.05, 4.69) is 37.0 Å². The van der Waals surface area contributed by atoms with E-state index >= 15 is 0 Å². The predicted octanol–water partition coefficient (Wildman–Crippen LogP) is 3.64. The topological polar surface area (TPSA) is 38.9 Å². The summed E-state index contributed by atoms with van der Waals surface area (Å²) in [7, 11) is 0. The van der Waals surface area contributed by atoms with Gasteiger partial charge in [0.05, 0.1) is 17.4 Å². The van der Waals surface area contributed by atoms with Crippen molar-refractivity contribution < 1.29 is 4.39 Å². The maximum absolute atomic E-state index is 13.0. The van der Waals surface area contributed by atoms with Crippen molar-refractivity contribution >= 4 is 0 Å². The third kappa shape index (κ3) is 3.05. The summed E-state index contributed by atoms with van der Waals surface area (Å²) >= 11 is 0. The summed E-state index contributed by atoms with van der Waals surface area (Å²) in [5, 5.41) is 0. The Bertz CT molecular complexity index is 592. The summed E-state index contributed by atoms with van der Waals surface area (Å²) in [4.78, 5) is 4.16. The summed E-state index contributed by atoms with van der Waals surface area (Å²) in [6.45, 7) is 6.22. The minimum atomic E-state index is -0.560. The van der Waals surface area contributed by atoms with Gasteiger partial charge in [0.1, 0.15) is 5.82 Å². The van der Waals surface area contributed by atoms with Gasteiger partial charge >= 0.3 is 0 Å². The zero-order valence-electron chi connectivity index (χ0n) is 12.3. The standard InChI is InChI=1S/C17H21FN2/c1-4-17(19,16-8-7-15(18)11-20-16)10-14-6-5-12(2)13(3)9-14/h5-9,11H,4,10,19H2,1-3H3. The molecule has 1 heterocycles. The molecule has 0 fully saturated rings. The van der Waals surface area contributed by atoms with Crippen LogP contribution in [-0.2, 0) is 12.0 Å². The van der Waals surface area contributed by atoms with Gasteiger partial charge in [0, 0.05) is 0 Å². The van der Waals surface area contributed by atoms with Gasteiger partial charge in [-0.1, -0.05) is 25.1 Å². The van der Waals surface area contributed by atoms with E-state index in [0.29, 0.717) is 6.42 Å². The zero-order valence-corrected chi connectivity index (χ0v) is 12.3. The number of rotatable bonds is 4. The monoisotopic (exact) mass is 272 g/mol. The second-order valence-corrected chi connectivity index (χ2v) is 5.47. The average Bonchev–Trinajstić information content (AvgIpc) is 2.43. The Balaban J connectivity index is 2.31. The Kier molecular flexibility index (Phi) is 4.19. The molecule has 2 N–H and O–H groups in total. The van der Waals surface area contributed by atoms with E-state index in [4.69, 9.17) is 5.73 Å². The number of benzene rings is 1. The molecular weight excluding hydrogens is 251 g/mol. The molecule has 1 aromatic carbocycles. The maximum atomic E-state index is 13.0. The van der Waals surface area contributed by atoms with Crippen LogP contribution in [0.2, 0.25) is 0 Å². The van der Waals surface area contributed by atoms with Gasteiger partial charge in [0.25, 0.3) is 0 Å². The maximum Gasteiger partial charge on any atom is 0.141 e. The Morgan fingerprint density at radius 2 is 1.90 bits per heavy atom. The third-order valence-corrected chi connectivity index (χ3v) is 3.96. The molecule has 0 saturated heterocycles. The van der Waals surface area contributed by atoms with E-state index in [1.807, 2.05) is 6.92 Å². The molecule has 2 aromatic rings. The number of aryl methyl sites for hydroxylation is 2. The molecule has 106 valence electrons. The molecule has 0 spiro atoms. The smallest absolute Gasteiger partial charge is 0.141 e. The van der Waals surface area contributed by atoms with Crippen LogP contribution in [0.1, 0.15) is 35.7 Å². The van der Waals surface area contributed by atoms with E-state index in [9.17, 15) is 4.39 Å². The lowest BCUT2D eigenvalue weighted by Gasteiger charge is -2.28. The lowest BCUT2D eigenvalue weighted by atomic mass is 9.85. The summed E-state index contributed by atoms with van der Waals surface area (Å²) < 4.78 is 13.0. The first-order valence-corrected chi connectivity index (χ1v) is 6.91. The van der Waals surface area contributed by atoms with Crippen LogP contribution in [0.3, 0.4) is 0 Å². The van der Waals surface area contributed by atoms with E-state index in [1.165, 1.54) is 29.0 Å².